The van der Waals surface area contributed by atoms with Crippen molar-refractivity contribution in [3.8, 4) is 11.5 Å². The van der Waals surface area contributed by atoms with Gasteiger partial charge in [0.2, 0.25) is 0 Å². The molecule has 0 atom stereocenters. The topological polar surface area (TPSA) is 12.5 Å². The predicted molar refractivity (Wildman–Crippen MR) is 167 cm³/mol. The minimum absolute atomic E-state index is 1.01. The molecule has 3 aliphatic rings. The third kappa shape index (κ3) is 8.80. The Hall–Kier alpha value is -2.48. The van der Waals surface area contributed by atoms with Crippen LogP contribution in [-0.2, 0) is 0 Å². The van der Waals surface area contributed by atoms with Crippen LogP contribution >= 0.6 is 0 Å². The van der Waals surface area contributed by atoms with Gasteiger partial charge < -0.3 is 9.64 Å². The number of anilines is 2. The summed E-state index contributed by atoms with van der Waals surface area (Å²) < 4.78 is 6.39. The van der Waals surface area contributed by atoms with Crippen molar-refractivity contribution in [2.24, 2.45) is 0 Å². The molecule has 2 aliphatic carbocycles. The van der Waals surface area contributed by atoms with Crippen molar-refractivity contribution in [3.63, 3.8) is 0 Å². The number of fused-ring (bicyclic) bond motifs is 2. The van der Waals surface area contributed by atoms with Gasteiger partial charge in [-0.3, -0.25) is 0 Å². The summed E-state index contributed by atoms with van der Waals surface area (Å²) in [7, 11) is 2.14. The van der Waals surface area contributed by atoms with Crippen molar-refractivity contribution in [1.82, 2.24) is 0 Å². The predicted octanol–water partition coefficient (Wildman–Crippen LogP) is 11.7. The Kier molecular flexibility index (Phi) is 15.0. The molecule has 1 aliphatic heterocycles. The molecular weight excluding hydrogens is 450 g/mol. The normalized spacial score (nSPS) is 14.5. The number of hydrogen-bond acceptors (Lipinski definition) is 2. The third-order valence-corrected chi connectivity index (χ3v) is 7.10. The zero-order chi connectivity index (χ0) is 28.0. The lowest BCUT2D eigenvalue weighted by Gasteiger charge is -2.35. The number of aryl methyl sites for hydroxylation is 4. The summed E-state index contributed by atoms with van der Waals surface area (Å²) in [5.41, 5.74) is 9.93. The van der Waals surface area contributed by atoms with E-state index in [0.29, 0.717) is 0 Å². The summed E-state index contributed by atoms with van der Waals surface area (Å²) in [6, 6.07) is 4.49. The SMILES string of the molecule is C1=CCCCC1.C1=CCCCC1.CC.CC.Cc1cc(C)c2c(c1C)Oc1c(C)c(C)cc(C)c1N2C. The molecule has 0 unspecified atom stereocenters. The summed E-state index contributed by atoms with van der Waals surface area (Å²) in [5, 5.41) is 0. The van der Waals surface area contributed by atoms with E-state index >= 15 is 0 Å². The molecule has 0 saturated heterocycles. The second-order valence-corrected chi connectivity index (χ2v) is 9.80. The molecule has 0 radical (unpaired) electrons. The minimum atomic E-state index is 1.01. The van der Waals surface area contributed by atoms with E-state index < -0.39 is 0 Å². The van der Waals surface area contributed by atoms with Crippen LogP contribution in [0.25, 0.3) is 0 Å². The molecule has 2 nitrogen and oxygen atoms in total. The van der Waals surface area contributed by atoms with Gasteiger partial charge >= 0.3 is 0 Å². The van der Waals surface area contributed by atoms with E-state index in [2.05, 4.69) is 89.9 Å². The van der Waals surface area contributed by atoms with E-state index in [9.17, 15) is 0 Å². The van der Waals surface area contributed by atoms with Crippen LogP contribution < -0.4 is 9.64 Å². The largest absolute Gasteiger partial charge is 0.452 e. The van der Waals surface area contributed by atoms with E-state index in [0.717, 1.165) is 11.5 Å². The number of hydrogen-bond donors (Lipinski definition) is 0. The molecule has 0 amide bonds. The van der Waals surface area contributed by atoms with Gasteiger partial charge in [-0.15, -0.1) is 0 Å². The molecule has 0 saturated carbocycles. The van der Waals surface area contributed by atoms with Gasteiger partial charge in [-0.1, -0.05) is 64.1 Å². The number of nitrogens with zero attached hydrogens (tertiary/aromatic N) is 1. The van der Waals surface area contributed by atoms with Crippen LogP contribution in [-0.4, -0.2) is 7.05 Å². The highest BCUT2D eigenvalue weighted by Gasteiger charge is 2.28. The highest BCUT2D eigenvalue weighted by molar-refractivity contribution is 5.84. The van der Waals surface area contributed by atoms with Crippen molar-refractivity contribution in [2.45, 2.75) is 121 Å². The molecule has 0 aromatic heterocycles. The monoisotopic (exact) mass is 505 g/mol. The summed E-state index contributed by atoms with van der Waals surface area (Å²) in [5.74, 6) is 2.02. The van der Waals surface area contributed by atoms with Crippen molar-refractivity contribution in [1.29, 1.82) is 0 Å². The smallest absolute Gasteiger partial charge is 0.154 e. The van der Waals surface area contributed by atoms with Crippen LogP contribution in [0.4, 0.5) is 11.4 Å². The Morgan fingerprint density at radius 3 is 1.05 bits per heavy atom. The first kappa shape index (κ1) is 32.5. The van der Waals surface area contributed by atoms with Gasteiger partial charge in [0.15, 0.2) is 11.5 Å². The minimum Gasteiger partial charge on any atom is -0.452 e. The number of ether oxygens (including phenoxy) is 1. The number of rotatable bonds is 0. The quantitative estimate of drug-likeness (QED) is 0.330. The maximum atomic E-state index is 6.39. The third-order valence-electron chi connectivity index (χ3n) is 7.10. The van der Waals surface area contributed by atoms with Gasteiger partial charge in [0.1, 0.15) is 0 Å². The van der Waals surface area contributed by atoms with Crippen LogP contribution in [0.1, 0.15) is 112 Å². The second-order valence-electron chi connectivity index (χ2n) is 9.80. The molecule has 0 spiro atoms. The zero-order valence-corrected chi connectivity index (χ0v) is 26.0. The van der Waals surface area contributed by atoms with Crippen molar-refractivity contribution in [2.75, 3.05) is 11.9 Å². The van der Waals surface area contributed by atoms with Gasteiger partial charge in [-0.05, 0) is 126 Å². The van der Waals surface area contributed by atoms with Gasteiger partial charge in [-0.25, -0.2) is 0 Å². The second kappa shape index (κ2) is 17.1. The van der Waals surface area contributed by atoms with Gasteiger partial charge in [-0.2, -0.15) is 0 Å². The fourth-order valence-corrected chi connectivity index (χ4v) is 4.89. The number of allylic oxidation sites excluding steroid dienone is 4. The van der Waals surface area contributed by atoms with Crippen LogP contribution in [0.3, 0.4) is 0 Å². The van der Waals surface area contributed by atoms with E-state index in [1.165, 1.54) is 96.1 Å². The Labute approximate surface area is 229 Å². The zero-order valence-electron chi connectivity index (χ0n) is 26.0. The molecule has 0 bridgehead atoms. The van der Waals surface area contributed by atoms with E-state index in [1.807, 2.05) is 27.7 Å². The summed E-state index contributed by atoms with van der Waals surface area (Å²) in [6.45, 7) is 20.9. The Bertz CT molecular complexity index is 931. The molecule has 0 N–H and O–H groups in total. The molecule has 2 aromatic rings. The molecule has 206 valence electrons. The van der Waals surface area contributed by atoms with Crippen LogP contribution in [0.15, 0.2) is 36.4 Å². The van der Waals surface area contributed by atoms with Crippen LogP contribution in [0.5, 0.6) is 11.5 Å². The summed E-state index contributed by atoms with van der Waals surface area (Å²) >= 11 is 0. The average molecular weight is 506 g/mol. The fourth-order valence-electron chi connectivity index (χ4n) is 4.89. The maximum Gasteiger partial charge on any atom is 0.154 e. The van der Waals surface area contributed by atoms with Crippen LogP contribution in [0.2, 0.25) is 0 Å². The lowest BCUT2D eigenvalue weighted by atomic mass is 9.97. The summed E-state index contributed by atoms with van der Waals surface area (Å²) in [6.07, 6.45) is 20.0. The number of benzene rings is 2. The van der Waals surface area contributed by atoms with E-state index in [1.54, 1.807) is 0 Å². The van der Waals surface area contributed by atoms with Crippen molar-refractivity contribution in [3.05, 3.63) is 69.8 Å². The molecule has 0 fully saturated rings. The van der Waals surface area contributed by atoms with Crippen molar-refractivity contribution >= 4 is 11.4 Å². The molecule has 5 rings (SSSR count). The average Bonchev–Trinajstić information content (AvgIpc) is 2.95. The first-order chi connectivity index (χ1) is 17.8. The first-order valence-electron chi connectivity index (χ1n) is 14.8. The Balaban J connectivity index is 0.000000348. The maximum absolute atomic E-state index is 6.39. The van der Waals surface area contributed by atoms with E-state index in [-0.39, 0.29) is 0 Å². The Morgan fingerprint density at radius 2 is 0.811 bits per heavy atom. The summed E-state index contributed by atoms with van der Waals surface area (Å²) in [4.78, 5) is 2.29. The Morgan fingerprint density at radius 1 is 0.514 bits per heavy atom. The fraction of sp³-hybridized carbons (Fsp3) is 0.543. The van der Waals surface area contributed by atoms with E-state index in [4.69, 9.17) is 4.74 Å². The van der Waals surface area contributed by atoms with Crippen molar-refractivity contribution < 1.29 is 4.74 Å². The molecule has 2 heteroatoms. The van der Waals surface area contributed by atoms with Gasteiger partial charge in [0, 0.05) is 7.05 Å². The van der Waals surface area contributed by atoms with Gasteiger partial charge in [0.05, 0.1) is 11.4 Å². The first-order valence-corrected chi connectivity index (χ1v) is 14.8. The molecule has 37 heavy (non-hydrogen) atoms. The van der Waals surface area contributed by atoms with Crippen LogP contribution in [0, 0.1) is 41.5 Å². The highest BCUT2D eigenvalue weighted by Crippen LogP contribution is 2.52. The molecular formula is C35H55NO. The lowest BCUT2D eigenvalue weighted by molar-refractivity contribution is 0.466. The standard InChI is InChI=1S/C19H23NO.2C6H10.2C2H6/c1-10-8-12(3)16-18(14(10)5)21-19-15(6)11(2)9-13(4)17(19)20(16)7;2*1-2-4-6-5-3-1;2*1-2/h8-9H,1-7H3;2*1-2H,3-6H2;2*1-2H3. The lowest BCUT2D eigenvalue weighted by Crippen LogP contribution is -2.20. The van der Waals surface area contributed by atoms with Gasteiger partial charge in [0.25, 0.3) is 0 Å². The molecule has 2 aromatic carbocycles. The molecule has 1 heterocycles. The highest BCUT2D eigenvalue weighted by atomic mass is 16.5.